The third-order valence-electron chi connectivity index (χ3n) is 4.23. The molecule has 3 rings (SSSR count). The van der Waals surface area contributed by atoms with Crippen LogP contribution in [0.1, 0.15) is 41.0 Å². The van der Waals surface area contributed by atoms with E-state index in [-0.39, 0.29) is 16.8 Å². The lowest BCUT2D eigenvalue weighted by Crippen LogP contribution is -2.36. The molecule has 0 aromatic carbocycles. The highest BCUT2D eigenvalue weighted by Gasteiger charge is 2.39. The molecule has 2 N–H and O–H groups in total. The van der Waals surface area contributed by atoms with Gasteiger partial charge in [-0.1, -0.05) is 20.8 Å². The van der Waals surface area contributed by atoms with E-state index in [9.17, 15) is 18.0 Å². The molecule has 0 bridgehead atoms. The van der Waals surface area contributed by atoms with Crippen molar-refractivity contribution in [3.8, 4) is 11.3 Å². The molecule has 0 aliphatic carbocycles. The van der Waals surface area contributed by atoms with Gasteiger partial charge in [-0.15, -0.1) is 0 Å². The first-order chi connectivity index (χ1) is 13.8. The SMILES string of the molecule is CC(C)(C)CC(C)(C)Nc1c(-c2ccoc2)nc2cnc(NC(=O)C(F)(F)F)cn12. The normalized spacial score (nSPS) is 12.9. The lowest BCUT2D eigenvalue weighted by Gasteiger charge is -2.34. The molecular formula is C20H24F3N5O2. The number of nitrogens with zero attached hydrogens (tertiary/aromatic N) is 3. The van der Waals surface area contributed by atoms with Gasteiger partial charge in [-0.2, -0.15) is 13.2 Å². The number of alkyl halides is 3. The fourth-order valence-corrected chi connectivity index (χ4v) is 3.62. The second-order valence-electron chi connectivity index (χ2n) is 9.02. The van der Waals surface area contributed by atoms with Gasteiger partial charge in [0.2, 0.25) is 0 Å². The zero-order valence-electron chi connectivity index (χ0n) is 17.4. The smallest absolute Gasteiger partial charge is 0.471 e. The summed E-state index contributed by atoms with van der Waals surface area (Å²) in [6.07, 6.45) is 1.45. The first-order valence-electron chi connectivity index (χ1n) is 9.32. The Labute approximate surface area is 171 Å². The Hall–Kier alpha value is -3.04. The van der Waals surface area contributed by atoms with E-state index < -0.39 is 12.1 Å². The zero-order valence-corrected chi connectivity index (χ0v) is 17.4. The van der Waals surface area contributed by atoms with E-state index in [1.807, 2.05) is 13.8 Å². The van der Waals surface area contributed by atoms with Gasteiger partial charge in [-0.05, 0) is 31.7 Å². The Morgan fingerprint density at radius 2 is 1.90 bits per heavy atom. The highest BCUT2D eigenvalue weighted by molar-refractivity contribution is 5.94. The second kappa shape index (κ2) is 7.33. The van der Waals surface area contributed by atoms with Gasteiger partial charge in [0.1, 0.15) is 17.3 Å². The standard InChI is InChI=1S/C20H24F3N5O2/c1-18(2,3)11-19(4,5)27-16-15(12-6-7-30-10-12)26-14-8-24-13(9-28(14)16)25-17(29)20(21,22)23/h6-10,27H,11H2,1-5H3,(H,25,29). The van der Waals surface area contributed by atoms with Crippen LogP contribution in [-0.4, -0.2) is 32.0 Å². The summed E-state index contributed by atoms with van der Waals surface area (Å²) in [4.78, 5) is 19.7. The summed E-state index contributed by atoms with van der Waals surface area (Å²) in [5.41, 5.74) is 1.33. The third-order valence-corrected chi connectivity index (χ3v) is 4.23. The number of imidazole rings is 1. The van der Waals surface area contributed by atoms with E-state index in [2.05, 4.69) is 36.1 Å². The maximum Gasteiger partial charge on any atom is 0.471 e. The average molecular weight is 423 g/mol. The molecule has 7 nitrogen and oxygen atoms in total. The summed E-state index contributed by atoms with van der Waals surface area (Å²) in [5.74, 6) is -1.77. The Kier molecular flexibility index (Phi) is 5.30. The largest absolute Gasteiger partial charge is 0.472 e. The summed E-state index contributed by atoms with van der Waals surface area (Å²) < 4.78 is 44.6. The molecule has 0 saturated carbocycles. The summed E-state index contributed by atoms with van der Waals surface area (Å²) >= 11 is 0. The van der Waals surface area contributed by atoms with E-state index in [4.69, 9.17) is 4.42 Å². The van der Waals surface area contributed by atoms with E-state index in [1.54, 1.807) is 15.8 Å². The van der Waals surface area contributed by atoms with Crippen molar-refractivity contribution < 1.29 is 22.4 Å². The Morgan fingerprint density at radius 1 is 1.20 bits per heavy atom. The molecule has 0 fully saturated rings. The quantitative estimate of drug-likeness (QED) is 0.595. The zero-order chi connectivity index (χ0) is 22.3. The summed E-state index contributed by atoms with van der Waals surface area (Å²) in [6.45, 7) is 10.4. The van der Waals surface area contributed by atoms with Gasteiger partial charge < -0.3 is 15.1 Å². The van der Waals surface area contributed by atoms with Crippen molar-refractivity contribution in [2.24, 2.45) is 5.41 Å². The van der Waals surface area contributed by atoms with Gasteiger partial charge in [0.25, 0.3) is 0 Å². The number of rotatable bonds is 5. The molecule has 1 amide bonds. The highest BCUT2D eigenvalue weighted by Crippen LogP contribution is 2.35. The van der Waals surface area contributed by atoms with Crippen molar-refractivity contribution in [2.45, 2.75) is 52.8 Å². The van der Waals surface area contributed by atoms with Gasteiger partial charge in [0.15, 0.2) is 5.65 Å². The van der Waals surface area contributed by atoms with Crippen LogP contribution in [0.15, 0.2) is 35.4 Å². The molecule has 0 unspecified atom stereocenters. The summed E-state index contributed by atoms with van der Waals surface area (Å²) in [6, 6.07) is 1.74. The maximum atomic E-state index is 12.6. The minimum absolute atomic E-state index is 0.0280. The molecule has 0 radical (unpaired) electrons. The summed E-state index contributed by atoms with van der Waals surface area (Å²) in [5, 5.41) is 5.24. The highest BCUT2D eigenvalue weighted by atomic mass is 19.4. The van der Waals surface area contributed by atoms with Gasteiger partial charge in [-0.25, -0.2) is 9.97 Å². The topological polar surface area (TPSA) is 84.5 Å². The number of amides is 1. The molecule has 0 aliphatic heterocycles. The number of nitrogens with one attached hydrogen (secondary N) is 2. The van der Waals surface area contributed by atoms with Crippen LogP contribution in [0, 0.1) is 5.41 Å². The van der Waals surface area contributed by atoms with E-state index in [1.165, 1.54) is 24.9 Å². The predicted molar refractivity (Wildman–Crippen MR) is 107 cm³/mol. The molecular weight excluding hydrogens is 399 g/mol. The lowest BCUT2D eigenvalue weighted by molar-refractivity contribution is -0.167. The van der Waals surface area contributed by atoms with E-state index in [0.717, 1.165) is 6.42 Å². The van der Waals surface area contributed by atoms with Gasteiger partial charge in [-0.3, -0.25) is 9.20 Å². The molecule has 0 spiro atoms. The number of hydrogen-bond donors (Lipinski definition) is 2. The number of furan rings is 1. The van der Waals surface area contributed by atoms with Crippen LogP contribution in [0.4, 0.5) is 24.8 Å². The van der Waals surface area contributed by atoms with Crippen LogP contribution in [0.3, 0.4) is 0 Å². The minimum Gasteiger partial charge on any atom is -0.472 e. The van der Waals surface area contributed by atoms with E-state index in [0.29, 0.717) is 22.7 Å². The van der Waals surface area contributed by atoms with Crippen molar-refractivity contribution in [2.75, 3.05) is 10.6 Å². The molecule has 0 saturated heterocycles. The minimum atomic E-state index is -5.01. The Bertz CT molecular complexity index is 1050. The van der Waals surface area contributed by atoms with Crippen LogP contribution in [-0.2, 0) is 4.79 Å². The number of carbonyl (C=O) groups excluding carboxylic acids is 1. The van der Waals surface area contributed by atoms with Crippen molar-refractivity contribution in [3.63, 3.8) is 0 Å². The molecule has 10 heteroatoms. The Morgan fingerprint density at radius 3 is 2.47 bits per heavy atom. The van der Waals surface area contributed by atoms with Crippen molar-refractivity contribution in [1.29, 1.82) is 0 Å². The maximum absolute atomic E-state index is 12.6. The number of hydrogen-bond acceptors (Lipinski definition) is 5. The number of fused-ring (bicyclic) bond motifs is 1. The van der Waals surface area contributed by atoms with Crippen molar-refractivity contribution in [1.82, 2.24) is 14.4 Å². The van der Waals surface area contributed by atoms with Crippen molar-refractivity contribution in [3.05, 3.63) is 31.0 Å². The molecule has 30 heavy (non-hydrogen) atoms. The number of halogens is 3. The predicted octanol–water partition coefficient (Wildman–Crippen LogP) is 5.12. The fraction of sp³-hybridized carbons (Fsp3) is 0.450. The van der Waals surface area contributed by atoms with Gasteiger partial charge in [0, 0.05) is 11.1 Å². The van der Waals surface area contributed by atoms with Crippen LogP contribution in [0.2, 0.25) is 0 Å². The third kappa shape index (κ3) is 4.92. The molecule has 3 aromatic heterocycles. The van der Waals surface area contributed by atoms with Gasteiger partial charge in [0.05, 0.1) is 24.9 Å². The Balaban J connectivity index is 2.08. The first-order valence-corrected chi connectivity index (χ1v) is 9.32. The molecule has 3 heterocycles. The molecule has 0 aliphatic rings. The lowest BCUT2D eigenvalue weighted by atomic mass is 9.82. The number of anilines is 2. The molecule has 162 valence electrons. The van der Waals surface area contributed by atoms with Gasteiger partial charge >= 0.3 is 12.1 Å². The summed E-state index contributed by atoms with van der Waals surface area (Å²) in [7, 11) is 0. The van der Waals surface area contributed by atoms with Crippen LogP contribution in [0.5, 0.6) is 0 Å². The average Bonchev–Trinajstić information content (AvgIpc) is 3.20. The van der Waals surface area contributed by atoms with Crippen LogP contribution >= 0.6 is 0 Å². The number of carbonyl (C=O) groups is 1. The molecule has 0 atom stereocenters. The monoisotopic (exact) mass is 423 g/mol. The first kappa shape index (κ1) is 21.7. The second-order valence-corrected chi connectivity index (χ2v) is 9.02. The van der Waals surface area contributed by atoms with Crippen molar-refractivity contribution >= 4 is 23.2 Å². The molecule has 3 aromatic rings. The van der Waals surface area contributed by atoms with Crippen LogP contribution in [0.25, 0.3) is 16.9 Å². The van der Waals surface area contributed by atoms with Crippen LogP contribution < -0.4 is 10.6 Å². The fourth-order valence-electron chi connectivity index (χ4n) is 3.62. The van der Waals surface area contributed by atoms with E-state index >= 15 is 0 Å². The number of aromatic nitrogens is 3.